The summed E-state index contributed by atoms with van der Waals surface area (Å²) in [5, 5.41) is 15.0. The molecule has 11 heteroatoms. The Hall–Kier alpha value is -5.39. The number of benzene rings is 5. The number of methoxy groups -OCH3 is 1. The number of carbonyl (C=O) groups excluding carboxylic acids is 1. The molecule has 0 spiro atoms. The average molecular weight is 734 g/mol. The van der Waals surface area contributed by atoms with Crippen molar-refractivity contribution in [1.82, 2.24) is 9.88 Å². The molecule has 5 aromatic carbocycles. The molecule has 6 aromatic rings. The lowest BCUT2D eigenvalue weighted by atomic mass is 10.1. The summed E-state index contributed by atoms with van der Waals surface area (Å²) in [4.78, 5) is 34.9. The summed E-state index contributed by atoms with van der Waals surface area (Å²) >= 11 is 4.94. The molecule has 0 saturated carbocycles. The summed E-state index contributed by atoms with van der Waals surface area (Å²) in [7, 11) is 1.59. The number of ether oxygens (including phenoxy) is 2. The van der Waals surface area contributed by atoms with E-state index in [2.05, 4.69) is 45.2 Å². The van der Waals surface area contributed by atoms with Gasteiger partial charge in [0.2, 0.25) is 0 Å². The molecule has 1 fully saturated rings. The lowest BCUT2D eigenvalue weighted by Gasteiger charge is -2.15. The van der Waals surface area contributed by atoms with E-state index in [-0.39, 0.29) is 11.6 Å². The largest absolute Gasteiger partial charge is 0.493 e. The zero-order valence-electron chi connectivity index (χ0n) is 26.3. The van der Waals surface area contributed by atoms with Gasteiger partial charge < -0.3 is 14.5 Å². The molecule has 1 N–H and O–H groups in total. The molecule has 0 aliphatic carbocycles. The van der Waals surface area contributed by atoms with Crippen LogP contribution in [0.4, 0.5) is 11.4 Å². The Morgan fingerprint density at radius 1 is 0.939 bits per heavy atom. The molecule has 1 saturated heterocycles. The number of nitrogens with one attached hydrogen (secondary N) is 1. The lowest BCUT2D eigenvalue weighted by Crippen LogP contribution is -2.31. The molecular formula is C38H29BrN4O5S. The first-order chi connectivity index (χ1) is 23.9. The van der Waals surface area contributed by atoms with E-state index in [0.717, 1.165) is 42.8 Å². The van der Waals surface area contributed by atoms with Gasteiger partial charge in [-0.1, -0.05) is 76.6 Å². The number of aromatic amines is 1. The molecule has 1 aliphatic heterocycles. The zero-order valence-corrected chi connectivity index (χ0v) is 28.7. The minimum Gasteiger partial charge on any atom is -0.493 e. The fourth-order valence-corrected chi connectivity index (χ4v) is 7.22. The number of aromatic nitrogens is 1. The highest BCUT2D eigenvalue weighted by atomic mass is 79.9. The number of carbonyl (C=O) groups is 1. The van der Waals surface area contributed by atoms with Gasteiger partial charge in [-0.3, -0.25) is 19.8 Å². The minimum atomic E-state index is -0.453. The number of H-pyrrole nitrogens is 1. The zero-order chi connectivity index (χ0) is 33.9. The smallest absolute Gasteiger partial charge is 0.269 e. The van der Waals surface area contributed by atoms with Gasteiger partial charge in [0, 0.05) is 40.2 Å². The topological polar surface area (TPSA) is 110 Å². The molecule has 244 valence electrons. The summed E-state index contributed by atoms with van der Waals surface area (Å²) in [6.45, 7) is 0.745. The van der Waals surface area contributed by atoms with Crippen LogP contribution in [-0.4, -0.2) is 39.5 Å². The van der Waals surface area contributed by atoms with Crippen molar-refractivity contribution in [2.45, 2.75) is 13.0 Å². The van der Waals surface area contributed by atoms with Crippen LogP contribution in [0.15, 0.2) is 124 Å². The van der Waals surface area contributed by atoms with E-state index in [1.807, 2.05) is 66.9 Å². The molecule has 9 nitrogen and oxygen atoms in total. The first kappa shape index (κ1) is 32.2. The van der Waals surface area contributed by atoms with Gasteiger partial charge in [-0.05, 0) is 82.1 Å². The number of para-hydroxylation sites is 1. The summed E-state index contributed by atoms with van der Waals surface area (Å²) < 4.78 is 12.7. The predicted molar refractivity (Wildman–Crippen MR) is 198 cm³/mol. The maximum Gasteiger partial charge on any atom is 0.269 e. The number of nitrogens with zero attached hydrogens (tertiary/aromatic N) is 3. The second-order valence-electron chi connectivity index (χ2n) is 11.3. The number of halogens is 1. The van der Waals surface area contributed by atoms with Gasteiger partial charge in [-0.2, -0.15) is 0 Å². The number of amides is 1. The maximum absolute atomic E-state index is 14.0. The molecule has 2 heterocycles. The van der Waals surface area contributed by atoms with Crippen molar-refractivity contribution in [2.24, 2.45) is 4.99 Å². The molecule has 0 bridgehead atoms. The monoisotopic (exact) mass is 732 g/mol. The summed E-state index contributed by atoms with van der Waals surface area (Å²) in [5.74, 6) is 0.907. The van der Waals surface area contributed by atoms with Crippen LogP contribution < -0.4 is 9.47 Å². The molecule has 1 aromatic heterocycles. The summed E-state index contributed by atoms with van der Waals surface area (Å²) in [6, 6.07) is 32.0. The SMILES string of the molecule is COc1cc(/C=C2\SC(=Nc3ccc([N+](=O)[O-])cc3)N(CCc3c[nH]c4ccccc34)C2=O)c(Br)cc1OCc1cccc2ccccc12. The maximum atomic E-state index is 14.0. The Labute approximate surface area is 294 Å². The third-order valence-electron chi connectivity index (χ3n) is 8.29. The van der Waals surface area contributed by atoms with Crippen LogP contribution in [-0.2, 0) is 17.8 Å². The Morgan fingerprint density at radius 3 is 2.49 bits per heavy atom. The molecule has 0 unspecified atom stereocenters. The summed E-state index contributed by atoms with van der Waals surface area (Å²) in [5.41, 5.74) is 4.39. The molecule has 7 rings (SSSR count). The Balaban J connectivity index is 1.17. The fraction of sp³-hybridized carbons (Fsp3) is 0.105. The van der Waals surface area contributed by atoms with E-state index >= 15 is 0 Å². The van der Waals surface area contributed by atoms with Crippen molar-refractivity contribution in [1.29, 1.82) is 0 Å². The molecular weight excluding hydrogens is 704 g/mol. The number of nitro benzene ring substituents is 1. The molecule has 1 aliphatic rings. The van der Waals surface area contributed by atoms with E-state index in [4.69, 9.17) is 14.5 Å². The number of fused-ring (bicyclic) bond motifs is 2. The molecule has 0 atom stereocenters. The number of hydrogen-bond acceptors (Lipinski definition) is 7. The minimum absolute atomic E-state index is 0.0285. The lowest BCUT2D eigenvalue weighted by molar-refractivity contribution is -0.384. The normalized spacial score (nSPS) is 14.7. The number of nitro groups is 1. The van der Waals surface area contributed by atoms with E-state index < -0.39 is 4.92 Å². The van der Waals surface area contributed by atoms with Gasteiger partial charge in [0.05, 0.1) is 22.6 Å². The van der Waals surface area contributed by atoms with E-state index in [9.17, 15) is 14.9 Å². The standard InChI is InChI=1S/C38H29BrN4O5S/c1-47-34-19-27(32(39)21-35(34)48-23-26-9-6-8-24-7-2-3-10-30(24)26)20-36-37(44)42(18-17-25-22-40-33-12-5-4-11-31(25)33)38(49-36)41-28-13-15-29(16-14-28)43(45)46/h2-16,19-22,40H,17-18,23H2,1H3/b36-20-,41-38?. The quantitative estimate of drug-likeness (QED) is 0.0854. The van der Waals surface area contributed by atoms with Crippen molar-refractivity contribution in [3.63, 3.8) is 0 Å². The van der Waals surface area contributed by atoms with Gasteiger partial charge >= 0.3 is 0 Å². The highest BCUT2D eigenvalue weighted by Crippen LogP contribution is 2.39. The molecule has 49 heavy (non-hydrogen) atoms. The van der Waals surface area contributed by atoms with Crippen molar-refractivity contribution >= 4 is 77.9 Å². The average Bonchev–Trinajstić information content (AvgIpc) is 3.66. The number of thioether (sulfide) groups is 1. The van der Waals surface area contributed by atoms with Crippen LogP contribution in [0.25, 0.3) is 27.8 Å². The highest BCUT2D eigenvalue weighted by Gasteiger charge is 2.33. The van der Waals surface area contributed by atoms with Crippen LogP contribution >= 0.6 is 27.7 Å². The van der Waals surface area contributed by atoms with Gasteiger partial charge in [0.1, 0.15) is 6.61 Å². The number of non-ortho nitro benzene ring substituents is 1. The van der Waals surface area contributed by atoms with Crippen LogP contribution in [0, 0.1) is 10.1 Å². The van der Waals surface area contributed by atoms with Crippen molar-refractivity contribution in [3.05, 3.63) is 146 Å². The number of hydrogen-bond donors (Lipinski definition) is 1. The van der Waals surface area contributed by atoms with Gasteiger partial charge in [-0.15, -0.1) is 0 Å². The van der Waals surface area contributed by atoms with Crippen LogP contribution in [0.1, 0.15) is 16.7 Å². The first-order valence-corrected chi connectivity index (χ1v) is 17.1. The Morgan fingerprint density at radius 2 is 1.69 bits per heavy atom. The third-order valence-corrected chi connectivity index (χ3v) is 9.98. The summed E-state index contributed by atoms with van der Waals surface area (Å²) in [6.07, 6.45) is 4.38. The van der Waals surface area contributed by atoms with Gasteiger partial charge in [0.15, 0.2) is 16.7 Å². The van der Waals surface area contributed by atoms with Gasteiger partial charge in [0.25, 0.3) is 11.6 Å². The predicted octanol–water partition coefficient (Wildman–Crippen LogP) is 9.43. The van der Waals surface area contributed by atoms with E-state index in [1.165, 1.54) is 23.9 Å². The van der Waals surface area contributed by atoms with Crippen LogP contribution in [0.5, 0.6) is 11.5 Å². The second-order valence-corrected chi connectivity index (χ2v) is 13.2. The number of rotatable bonds is 10. The molecule has 1 amide bonds. The van der Waals surface area contributed by atoms with Crippen LogP contribution in [0.3, 0.4) is 0 Å². The second kappa shape index (κ2) is 14.0. The van der Waals surface area contributed by atoms with Crippen LogP contribution in [0.2, 0.25) is 0 Å². The Bertz CT molecular complexity index is 2280. The fourth-order valence-electron chi connectivity index (χ4n) is 5.77. The van der Waals surface area contributed by atoms with E-state index in [1.54, 1.807) is 24.1 Å². The van der Waals surface area contributed by atoms with Crippen molar-refractivity contribution in [3.8, 4) is 11.5 Å². The number of aliphatic imine (C=N–C) groups is 1. The number of amidine groups is 1. The first-order valence-electron chi connectivity index (χ1n) is 15.4. The third kappa shape index (κ3) is 6.81. The highest BCUT2D eigenvalue weighted by molar-refractivity contribution is 9.10. The van der Waals surface area contributed by atoms with Gasteiger partial charge in [-0.25, -0.2) is 4.99 Å². The van der Waals surface area contributed by atoms with E-state index in [0.29, 0.717) is 46.8 Å². The van der Waals surface area contributed by atoms with Crippen molar-refractivity contribution in [2.75, 3.05) is 13.7 Å². The molecule has 0 radical (unpaired) electrons. The van der Waals surface area contributed by atoms with Crippen molar-refractivity contribution < 1.29 is 19.2 Å². The Kier molecular flexibility index (Phi) is 9.19.